The molecule has 3 rings (SSSR count). The van der Waals surface area contributed by atoms with Crippen molar-refractivity contribution in [2.24, 2.45) is 0 Å². The van der Waals surface area contributed by atoms with Crippen LogP contribution in [0.2, 0.25) is 5.02 Å². The Labute approximate surface area is 191 Å². The van der Waals surface area contributed by atoms with E-state index in [9.17, 15) is 18.0 Å². The van der Waals surface area contributed by atoms with Crippen LogP contribution in [-0.2, 0) is 14.8 Å². The lowest BCUT2D eigenvalue weighted by atomic mass is 10.1. The Bertz CT molecular complexity index is 1260. The molecule has 0 fully saturated rings. The largest absolute Gasteiger partial charge is 0.462 e. The topological polar surface area (TPSA) is 102 Å². The van der Waals surface area contributed by atoms with Gasteiger partial charge in [-0.3, -0.25) is 9.52 Å². The zero-order valence-corrected chi connectivity index (χ0v) is 19.0. The van der Waals surface area contributed by atoms with Crippen molar-refractivity contribution in [3.05, 3.63) is 88.4 Å². The molecule has 2 N–H and O–H groups in total. The third-order valence-electron chi connectivity index (χ3n) is 4.59. The zero-order valence-electron chi connectivity index (χ0n) is 17.4. The Kier molecular flexibility index (Phi) is 7.17. The van der Waals surface area contributed by atoms with E-state index < -0.39 is 21.9 Å². The van der Waals surface area contributed by atoms with E-state index >= 15 is 0 Å². The average molecular weight is 473 g/mol. The van der Waals surface area contributed by atoms with Gasteiger partial charge in [-0.25, -0.2) is 13.2 Å². The first kappa shape index (κ1) is 23.3. The van der Waals surface area contributed by atoms with Gasteiger partial charge in [0, 0.05) is 11.4 Å². The SMILES string of the molecule is CCOC(=O)c1cccc(NC(=O)c2cc(NS(=O)(=O)c3ccccc3)ccc2Cl)c1C. The molecule has 0 radical (unpaired) electrons. The number of benzene rings is 3. The highest BCUT2D eigenvalue weighted by molar-refractivity contribution is 7.92. The summed E-state index contributed by atoms with van der Waals surface area (Å²) in [6.45, 7) is 3.63. The summed E-state index contributed by atoms with van der Waals surface area (Å²) < 4.78 is 32.6. The number of anilines is 2. The van der Waals surface area contributed by atoms with Crippen molar-refractivity contribution in [2.75, 3.05) is 16.6 Å². The summed E-state index contributed by atoms with van der Waals surface area (Å²) in [5.74, 6) is -1.05. The Morgan fingerprint density at radius 2 is 1.69 bits per heavy atom. The van der Waals surface area contributed by atoms with Gasteiger partial charge < -0.3 is 10.1 Å². The van der Waals surface area contributed by atoms with Crippen LogP contribution in [0.25, 0.3) is 0 Å². The lowest BCUT2D eigenvalue weighted by Crippen LogP contribution is -2.17. The summed E-state index contributed by atoms with van der Waals surface area (Å²) in [7, 11) is -3.83. The van der Waals surface area contributed by atoms with E-state index in [2.05, 4.69) is 10.0 Å². The minimum atomic E-state index is -3.83. The van der Waals surface area contributed by atoms with E-state index in [-0.39, 0.29) is 27.8 Å². The predicted molar refractivity (Wildman–Crippen MR) is 124 cm³/mol. The molecule has 0 aromatic heterocycles. The van der Waals surface area contributed by atoms with Crippen molar-refractivity contribution in [3.8, 4) is 0 Å². The summed E-state index contributed by atoms with van der Waals surface area (Å²) in [5.41, 5.74) is 1.53. The summed E-state index contributed by atoms with van der Waals surface area (Å²) >= 11 is 6.20. The number of halogens is 1. The predicted octanol–water partition coefficient (Wildman–Crippen LogP) is 4.88. The molecular formula is C23H21ClN2O5S. The van der Waals surface area contributed by atoms with Gasteiger partial charge in [0.05, 0.1) is 27.7 Å². The number of amides is 1. The molecule has 0 heterocycles. The van der Waals surface area contributed by atoms with E-state index in [1.807, 2.05) is 0 Å². The normalized spacial score (nSPS) is 11.0. The molecule has 166 valence electrons. The van der Waals surface area contributed by atoms with E-state index in [4.69, 9.17) is 16.3 Å². The Morgan fingerprint density at radius 3 is 2.38 bits per heavy atom. The van der Waals surface area contributed by atoms with E-state index in [1.165, 1.54) is 30.3 Å². The van der Waals surface area contributed by atoms with Crippen molar-refractivity contribution in [3.63, 3.8) is 0 Å². The molecule has 0 saturated carbocycles. The van der Waals surface area contributed by atoms with Gasteiger partial charge in [0.15, 0.2) is 0 Å². The van der Waals surface area contributed by atoms with Crippen LogP contribution in [0.3, 0.4) is 0 Å². The lowest BCUT2D eigenvalue weighted by molar-refractivity contribution is 0.0525. The number of carbonyl (C=O) groups excluding carboxylic acids is 2. The number of ether oxygens (including phenoxy) is 1. The van der Waals surface area contributed by atoms with Gasteiger partial charge in [-0.15, -0.1) is 0 Å². The highest BCUT2D eigenvalue weighted by Gasteiger charge is 2.18. The number of hydrogen-bond acceptors (Lipinski definition) is 5. The highest BCUT2D eigenvalue weighted by Crippen LogP contribution is 2.26. The van der Waals surface area contributed by atoms with Crippen molar-refractivity contribution in [1.82, 2.24) is 0 Å². The molecule has 0 saturated heterocycles. The highest BCUT2D eigenvalue weighted by atomic mass is 35.5. The molecule has 32 heavy (non-hydrogen) atoms. The second-order valence-electron chi connectivity index (χ2n) is 6.77. The molecule has 0 aliphatic carbocycles. The molecule has 0 spiro atoms. The Balaban J connectivity index is 1.86. The van der Waals surface area contributed by atoms with Gasteiger partial charge in [-0.05, 0) is 61.9 Å². The minimum absolute atomic E-state index is 0.0702. The molecule has 1 amide bonds. The molecular weight excluding hydrogens is 452 g/mol. The average Bonchev–Trinajstić information content (AvgIpc) is 2.77. The van der Waals surface area contributed by atoms with Crippen molar-refractivity contribution in [2.45, 2.75) is 18.7 Å². The maximum absolute atomic E-state index is 12.9. The molecule has 0 bridgehead atoms. The maximum atomic E-state index is 12.9. The van der Waals surface area contributed by atoms with Gasteiger partial charge in [-0.1, -0.05) is 35.9 Å². The molecule has 0 atom stereocenters. The molecule has 3 aromatic rings. The monoisotopic (exact) mass is 472 g/mol. The third kappa shape index (κ3) is 5.27. The number of esters is 1. The molecule has 0 unspecified atom stereocenters. The molecule has 0 aliphatic heterocycles. The van der Waals surface area contributed by atoms with Crippen molar-refractivity contribution in [1.29, 1.82) is 0 Å². The first-order valence-electron chi connectivity index (χ1n) is 9.68. The number of sulfonamides is 1. The fourth-order valence-electron chi connectivity index (χ4n) is 2.97. The van der Waals surface area contributed by atoms with E-state index in [0.29, 0.717) is 16.8 Å². The number of carbonyl (C=O) groups is 2. The summed E-state index contributed by atoms with van der Waals surface area (Å²) in [5, 5.41) is 2.86. The second-order valence-corrected chi connectivity index (χ2v) is 8.86. The molecule has 9 heteroatoms. The number of rotatable bonds is 7. The second kappa shape index (κ2) is 9.84. The third-order valence-corrected chi connectivity index (χ3v) is 6.32. The molecule has 0 aliphatic rings. The number of nitrogens with one attached hydrogen (secondary N) is 2. The Hall–Kier alpha value is -3.36. The first-order valence-corrected chi connectivity index (χ1v) is 11.5. The van der Waals surface area contributed by atoms with Crippen LogP contribution in [0.1, 0.15) is 33.2 Å². The van der Waals surface area contributed by atoms with E-state index in [0.717, 1.165) is 0 Å². The summed E-state index contributed by atoms with van der Waals surface area (Å²) in [4.78, 5) is 25.1. The van der Waals surface area contributed by atoms with Gasteiger partial charge in [-0.2, -0.15) is 0 Å². The van der Waals surface area contributed by atoms with Crippen LogP contribution in [0.4, 0.5) is 11.4 Å². The fraction of sp³-hybridized carbons (Fsp3) is 0.130. The lowest BCUT2D eigenvalue weighted by Gasteiger charge is -2.14. The first-order chi connectivity index (χ1) is 15.2. The van der Waals surface area contributed by atoms with Crippen LogP contribution in [0.5, 0.6) is 0 Å². The van der Waals surface area contributed by atoms with E-state index in [1.54, 1.807) is 50.2 Å². The van der Waals surface area contributed by atoms with Crippen LogP contribution in [0.15, 0.2) is 71.6 Å². The number of hydrogen-bond donors (Lipinski definition) is 2. The minimum Gasteiger partial charge on any atom is -0.462 e. The standard InChI is InChI=1S/C23H21ClN2O5S/c1-3-31-23(28)18-10-7-11-21(15(18)2)25-22(27)19-14-16(12-13-20(19)24)26-32(29,30)17-8-5-4-6-9-17/h4-14,26H,3H2,1-2H3,(H,25,27). The van der Waals surface area contributed by atoms with Gasteiger partial charge in [0.2, 0.25) is 0 Å². The molecule has 7 nitrogen and oxygen atoms in total. The fourth-order valence-corrected chi connectivity index (χ4v) is 4.24. The molecule has 3 aromatic carbocycles. The van der Waals surface area contributed by atoms with Crippen molar-refractivity contribution >= 4 is 44.9 Å². The van der Waals surface area contributed by atoms with Gasteiger partial charge >= 0.3 is 5.97 Å². The summed E-state index contributed by atoms with van der Waals surface area (Å²) in [6.07, 6.45) is 0. The van der Waals surface area contributed by atoms with Crippen LogP contribution < -0.4 is 10.0 Å². The quantitative estimate of drug-likeness (QED) is 0.477. The van der Waals surface area contributed by atoms with Gasteiger partial charge in [0.1, 0.15) is 0 Å². The van der Waals surface area contributed by atoms with Crippen LogP contribution in [-0.4, -0.2) is 26.9 Å². The van der Waals surface area contributed by atoms with Crippen LogP contribution in [0, 0.1) is 6.92 Å². The van der Waals surface area contributed by atoms with Crippen molar-refractivity contribution < 1.29 is 22.7 Å². The van der Waals surface area contributed by atoms with Gasteiger partial charge in [0.25, 0.3) is 15.9 Å². The van der Waals surface area contributed by atoms with Crippen LogP contribution >= 0.6 is 11.6 Å². The smallest absolute Gasteiger partial charge is 0.338 e. The summed E-state index contributed by atoms with van der Waals surface area (Å²) in [6, 6.07) is 17.0. The zero-order chi connectivity index (χ0) is 23.3. The Morgan fingerprint density at radius 1 is 0.969 bits per heavy atom. The maximum Gasteiger partial charge on any atom is 0.338 e.